The number of rotatable bonds is 2. The molecule has 32 heavy (non-hydrogen) atoms. The van der Waals surface area contributed by atoms with E-state index in [1.54, 1.807) is 0 Å². The largest absolute Gasteiger partial charge is 0.340 e. The van der Waals surface area contributed by atoms with Crippen LogP contribution in [0.3, 0.4) is 0 Å². The predicted octanol–water partition coefficient (Wildman–Crippen LogP) is 7.39. The van der Waals surface area contributed by atoms with Crippen LogP contribution in [0.25, 0.3) is 49.6 Å². The van der Waals surface area contributed by atoms with Crippen molar-refractivity contribution < 1.29 is 20.1 Å². The molecule has 4 aromatic carbocycles. The van der Waals surface area contributed by atoms with Crippen molar-refractivity contribution in [2.24, 2.45) is 0 Å². The van der Waals surface area contributed by atoms with Gasteiger partial charge in [-0.2, -0.15) is 0 Å². The first kappa shape index (κ1) is 20.6. The molecule has 6 aromatic rings. The molecule has 0 aliphatic carbocycles. The molecule has 0 unspecified atom stereocenters. The second-order valence-electron chi connectivity index (χ2n) is 8.15. The Morgan fingerprint density at radius 3 is 2.41 bits per heavy atom. The van der Waals surface area contributed by atoms with Gasteiger partial charge in [0.05, 0.1) is 5.65 Å². The molecule has 0 spiro atoms. The Morgan fingerprint density at radius 1 is 0.812 bits per heavy atom. The number of benzene rings is 4. The average Bonchev–Trinajstić information content (AvgIpc) is 3.29. The molecule has 0 saturated heterocycles. The monoisotopic (exact) mass is 590 g/mol. The predicted molar refractivity (Wildman–Crippen MR) is 129 cm³/mol. The summed E-state index contributed by atoms with van der Waals surface area (Å²) >= 11 is 0. The van der Waals surface area contributed by atoms with E-state index in [0.29, 0.717) is 0 Å². The summed E-state index contributed by atoms with van der Waals surface area (Å²) in [5, 5.41) is 3.50. The Balaban J connectivity index is 0.00000216. The fourth-order valence-electron chi connectivity index (χ4n) is 4.79. The van der Waals surface area contributed by atoms with Crippen LogP contribution < -0.4 is 0 Å². The second kappa shape index (κ2) is 8.02. The fourth-order valence-corrected chi connectivity index (χ4v) is 4.79. The number of nitrogens with zero attached hydrogens (tertiary/aromatic N) is 2. The maximum atomic E-state index is 4.74. The Hall–Kier alpha value is -3.26. The normalized spacial score (nSPS) is 11.2. The van der Waals surface area contributed by atoms with Crippen molar-refractivity contribution in [3.8, 4) is 22.3 Å². The third-order valence-corrected chi connectivity index (χ3v) is 6.15. The molecule has 0 atom stereocenters. The molecule has 0 aliphatic rings. The molecule has 2 heterocycles. The number of aryl methyl sites for hydroxylation is 2. The number of pyridine rings is 1. The first-order chi connectivity index (χ1) is 15.2. The molecular formula is C29H21IrN2-. The standard InChI is InChI=1S/C29H21N2.Ir/c1-19-17-25(21-10-4-3-5-11-21)28-26(18-19)27-23(22-12-7-6-9-20(22)2)13-8-14-24(27)29-30-15-16-31(28)29;/h3-13,15-18H,1-2H3;/q-1;. The van der Waals surface area contributed by atoms with Gasteiger partial charge in [0.15, 0.2) is 0 Å². The quantitative estimate of drug-likeness (QED) is 0.152. The Kier molecular flexibility index (Phi) is 5.17. The van der Waals surface area contributed by atoms with Crippen molar-refractivity contribution in [3.05, 3.63) is 108 Å². The van der Waals surface area contributed by atoms with Gasteiger partial charge in [-0.1, -0.05) is 82.6 Å². The zero-order valence-electron chi connectivity index (χ0n) is 17.9. The average molecular weight is 590 g/mol. The van der Waals surface area contributed by atoms with Crippen molar-refractivity contribution in [1.82, 2.24) is 9.38 Å². The van der Waals surface area contributed by atoms with E-state index >= 15 is 0 Å². The summed E-state index contributed by atoms with van der Waals surface area (Å²) in [4.78, 5) is 4.74. The maximum Gasteiger partial charge on any atom is 0.0609 e. The molecule has 0 bridgehead atoms. The number of hydrogen-bond donors (Lipinski definition) is 0. The zero-order chi connectivity index (χ0) is 20.9. The minimum absolute atomic E-state index is 0. The van der Waals surface area contributed by atoms with Gasteiger partial charge in [-0.15, -0.1) is 18.2 Å². The minimum atomic E-state index is 0. The summed E-state index contributed by atoms with van der Waals surface area (Å²) in [5.74, 6) is 0. The van der Waals surface area contributed by atoms with E-state index in [9.17, 15) is 0 Å². The fraction of sp³-hybridized carbons (Fsp3) is 0.0690. The van der Waals surface area contributed by atoms with Gasteiger partial charge in [0.25, 0.3) is 0 Å². The number of fused-ring (bicyclic) bond motifs is 6. The summed E-state index contributed by atoms with van der Waals surface area (Å²) in [6, 6.07) is 31.5. The summed E-state index contributed by atoms with van der Waals surface area (Å²) in [6.07, 6.45) is 3.95. The SMILES string of the molecule is Cc1cc(-c2ccccc2)c2c(c1)c1c(-c3ccccc3C)cc[c-]c1c1nccn12.[Ir]. The van der Waals surface area contributed by atoms with Gasteiger partial charge in [-0.25, -0.2) is 0 Å². The molecule has 2 aromatic heterocycles. The van der Waals surface area contributed by atoms with Gasteiger partial charge in [0.1, 0.15) is 0 Å². The minimum Gasteiger partial charge on any atom is -0.340 e. The summed E-state index contributed by atoms with van der Waals surface area (Å²) < 4.78 is 2.22. The first-order valence-electron chi connectivity index (χ1n) is 10.6. The van der Waals surface area contributed by atoms with E-state index in [1.165, 1.54) is 49.7 Å². The molecule has 6 rings (SSSR count). The third-order valence-electron chi connectivity index (χ3n) is 6.15. The van der Waals surface area contributed by atoms with Crippen molar-refractivity contribution >= 4 is 27.3 Å². The van der Waals surface area contributed by atoms with Gasteiger partial charge in [0.2, 0.25) is 0 Å². The van der Waals surface area contributed by atoms with Crippen LogP contribution in [-0.4, -0.2) is 9.38 Å². The Morgan fingerprint density at radius 2 is 1.59 bits per heavy atom. The van der Waals surface area contributed by atoms with Crippen LogP contribution in [0.5, 0.6) is 0 Å². The Bertz CT molecular complexity index is 1600. The third kappa shape index (κ3) is 3.09. The van der Waals surface area contributed by atoms with Crippen LogP contribution in [0.4, 0.5) is 0 Å². The molecule has 157 valence electrons. The molecule has 1 radical (unpaired) electrons. The molecular weight excluding hydrogens is 569 g/mol. The van der Waals surface area contributed by atoms with Crippen LogP contribution in [-0.2, 0) is 20.1 Å². The van der Waals surface area contributed by atoms with Crippen molar-refractivity contribution in [2.75, 3.05) is 0 Å². The molecule has 0 aliphatic heterocycles. The zero-order valence-corrected chi connectivity index (χ0v) is 20.3. The van der Waals surface area contributed by atoms with E-state index in [-0.39, 0.29) is 20.1 Å². The number of aromatic nitrogens is 2. The van der Waals surface area contributed by atoms with Gasteiger partial charge in [-0.05, 0) is 42.0 Å². The summed E-state index contributed by atoms with van der Waals surface area (Å²) in [7, 11) is 0. The van der Waals surface area contributed by atoms with E-state index in [2.05, 4.69) is 103 Å². The molecule has 0 fully saturated rings. The van der Waals surface area contributed by atoms with Gasteiger partial charge in [-0.3, -0.25) is 4.98 Å². The maximum absolute atomic E-state index is 4.74. The molecule has 2 nitrogen and oxygen atoms in total. The second-order valence-corrected chi connectivity index (χ2v) is 8.15. The Labute approximate surface area is 200 Å². The van der Waals surface area contributed by atoms with Crippen LogP contribution in [0.2, 0.25) is 0 Å². The van der Waals surface area contributed by atoms with Gasteiger partial charge < -0.3 is 4.40 Å². The summed E-state index contributed by atoms with van der Waals surface area (Å²) in [5.41, 5.74) is 9.55. The number of imidazole rings is 1. The van der Waals surface area contributed by atoms with Crippen LogP contribution in [0.15, 0.2) is 91.3 Å². The topological polar surface area (TPSA) is 17.3 Å². The van der Waals surface area contributed by atoms with Gasteiger partial charge >= 0.3 is 0 Å². The molecule has 0 amide bonds. The first-order valence-corrected chi connectivity index (χ1v) is 10.6. The van der Waals surface area contributed by atoms with E-state index < -0.39 is 0 Å². The smallest absolute Gasteiger partial charge is 0.0609 e. The van der Waals surface area contributed by atoms with E-state index in [4.69, 9.17) is 4.98 Å². The summed E-state index contributed by atoms with van der Waals surface area (Å²) in [6.45, 7) is 4.35. The van der Waals surface area contributed by atoms with Crippen molar-refractivity contribution in [1.29, 1.82) is 0 Å². The van der Waals surface area contributed by atoms with Crippen molar-refractivity contribution in [3.63, 3.8) is 0 Å². The van der Waals surface area contributed by atoms with E-state index in [0.717, 1.165) is 11.0 Å². The van der Waals surface area contributed by atoms with E-state index in [1.807, 2.05) is 12.3 Å². The van der Waals surface area contributed by atoms with Gasteiger partial charge in [0, 0.05) is 43.6 Å². The van der Waals surface area contributed by atoms with Crippen LogP contribution in [0, 0.1) is 19.9 Å². The molecule has 0 saturated carbocycles. The van der Waals surface area contributed by atoms with Crippen LogP contribution in [0.1, 0.15) is 11.1 Å². The molecule has 3 heteroatoms. The van der Waals surface area contributed by atoms with Crippen molar-refractivity contribution in [2.45, 2.75) is 13.8 Å². The van der Waals surface area contributed by atoms with Crippen LogP contribution >= 0.6 is 0 Å². The number of hydrogen-bond acceptors (Lipinski definition) is 1. The molecule has 0 N–H and O–H groups in total.